The summed E-state index contributed by atoms with van der Waals surface area (Å²) in [4.78, 5) is 31.2. The summed E-state index contributed by atoms with van der Waals surface area (Å²) >= 11 is 0. The quantitative estimate of drug-likeness (QED) is 0.459. The highest BCUT2D eigenvalue weighted by Crippen LogP contribution is 2.30. The number of nitrogens with zero attached hydrogens (tertiary/aromatic N) is 2. The van der Waals surface area contributed by atoms with Crippen LogP contribution >= 0.6 is 0 Å². The van der Waals surface area contributed by atoms with Gasteiger partial charge in [-0.2, -0.15) is 0 Å². The summed E-state index contributed by atoms with van der Waals surface area (Å²) in [6.07, 6.45) is 3.43. The third kappa shape index (κ3) is 6.71. The minimum absolute atomic E-state index is 0.0875. The Morgan fingerprint density at radius 2 is 1.85 bits per heavy atom. The normalized spacial score (nSPS) is 10.3. The predicted octanol–water partition coefficient (Wildman–Crippen LogP) is 4.17. The minimum Gasteiger partial charge on any atom is -0.497 e. The molecule has 0 aliphatic rings. The molecule has 0 atom stereocenters. The summed E-state index contributed by atoms with van der Waals surface area (Å²) in [6.45, 7) is 4.71. The van der Waals surface area contributed by atoms with Crippen molar-refractivity contribution in [3.63, 3.8) is 0 Å². The van der Waals surface area contributed by atoms with Crippen LogP contribution in [0.3, 0.4) is 0 Å². The number of rotatable bonds is 11. The smallest absolute Gasteiger partial charge is 0.254 e. The lowest BCUT2D eigenvalue weighted by Gasteiger charge is -2.21. The first-order valence-corrected chi connectivity index (χ1v) is 11.1. The van der Waals surface area contributed by atoms with Gasteiger partial charge in [-0.25, -0.2) is 0 Å². The third-order valence-electron chi connectivity index (χ3n) is 4.96. The Labute approximate surface area is 199 Å². The summed E-state index contributed by atoms with van der Waals surface area (Å²) in [6, 6.07) is 15.8. The van der Waals surface area contributed by atoms with Crippen molar-refractivity contribution in [3.8, 4) is 17.2 Å². The maximum atomic E-state index is 13.1. The molecule has 0 aliphatic carbocycles. The Balaban J connectivity index is 1.69. The lowest BCUT2D eigenvalue weighted by Crippen LogP contribution is -2.37. The van der Waals surface area contributed by atoms with Crippen LogP contribution in [0.15, 0.2) is 67.0 Å². The van der Waals surface area contributed by atoms with E-state index in [2.05, 4.69) is 10.3 Å². The Morgan fingerprint density at radius 3 is 2.56 bits per heavy atom. The van der Waals surface area contributed by atoms with E-state index in [1.165, 1.54) is 4.90 Å². The number of hydrogen-bond acceptors (Lipinski definition) is 6. The Hall–Kier alpha value is -4.07. The average Bonchev–Trinajstić information content (AvgIpc) is 2.87. The van der Waals surface area contributed by atoms with Crippen molar-refractivity contribution in [2.75, 3.05) is 32.1 Å². The van der Waals surface area contributed by atoms with Gasteiger partial charge in [0.25, 0.3) is 5.91 Å². The molecule has 0 unspecified atom stereocenters. The molecule has 0 fully saturated rings. The number of amides is 2. The van der Waals surface area contributed by atoms with Crippen LogP contribution in [-0.4, -0.2) is 48.5 Å². The van der Waals surface area contributed by atoms with E-state index in [1.807, 2.05) is 26.0 Å². The van der Waals surface area contributed by atoms with E-state index in [9.17, 15) is 9.59 Å². The largest absolute Gasteiger partial charge is 0.497 e. The number of carbonyl (C=O) groups is 2. The second-order valence-corrected chi connectivity index (χ2v) is 7.34. The first kappa shape index (κ1) is 24.6. The molecule has 2 aromatic carbocycles. The van der Waals surface area contributed by atoms with Gasteiger partial charge in [-0.05, 0) is 50.2 Å². The highest BCUT2D eigenvalue weighted by atomic mass is 16.5. The third-order valence-corrected chi connectivity index (χ3v) is 4.96. The number of pyridine rings is 1. The number of methoxy groups -OCH3 is 1. The second-order valence-electron chi connectivity index (χ2n) is 7.34. The molecule has 3 aromatic rings. The summed E-state index contributed by atoms with van der Waals surface area (Å²) < 4.78 is 16.8. The predicted molar refractivity (Wildman–Crippen MR) is 129 cm³/mol. The Bertz CT molecular complexity index is 1100. The van der Waals surface area contributed by atoms with E-state index >= 15 is 0 Å². The van der Waals surface area contributed by atoms with Crippen molar-refractivity contribution in [2.45, 2.75) is 20.5 Å². The van der Waals surface area contributed by atoms with Gasteiger partial charge in [0.2, 0.25) is 5.91 Å². The first-order chi connectivity index (χ1) is 16.5. The molecule has 3 rings (SSSR count). The maximum absolute atomic E-state index is 13.1. The second kappa shape index (κ2) is 12.2. The van der Waals surface area contributed by atoms with Gasteiger partial charge in [-0.15, -0.1) is 0 Å². The van der Waals surface area contributed by atoms with Crippen LogP contribution in [0.2, 0.25) is 0 Å². The van der Waals surface area contributed by atoms with Crippen LogP contribution in [0.5, 0.6) is 17.2 Å². The van der Waals surface area contributed by atoms with E-state index in [4.69, 9.17) is 14.2 Å². The van der Waals surface area contributed by atoms with Crippen LogP contribution in [-0.2, 0) is 11.4 Å². The number of aromatic nitrogens is 1. The summed E-state index contributed by atoms with van der Waals surface area (Å²) in [5, 5.41) is 2.80. The molecule has 178 valence electrons. The fraction of sp³-hybridized carbons (Fsp3) is 0.269. The minimum atomic E-state index is -0.301. The zero-order valence-electron chi connectivity index (χ0n) is 19.6. The standard InChI is InChI=1S/C26H29N3O5/c1-4-29(17-25(30)28-21-9-6-10-22(15-21)32-3)26(31)20-11-12-23(24(14-20)33-5-2)34-18-19-8-7-13-27-16-19/h6-16H,4-5,17-18H2,1-3H3,(H,28,30). The van der Waals surface area contributed by atoms with E-state index in [0.29, 0.717) is 48.3 Å². The molecular weight excluding hydrogens is 434 g/mol. The van der Waals surface area contributed by atoms with Crippen LogP contribution in [0.4, 0.5) is 5.69 Å². The molecule has 0 saturated carbocycles. The maximum Gasteiger partial charge on any atom is 0.254 e. The van der Waals surface area contributed by atoms with Gasteiger partial charge in [0, 0.05) is 41.8 Å². The summed E-state index contributed by atoms with van der Waals surface area (Å²) in [5.41, 5.74) is 1.93. The number of anilines is 1. The van der Waals surface area contributed by atoms with Crippen molar-refractivity contribution in [2.24, 2.45) is 0 Å². The van der Waals surface area contributed by atoms with E-state index in [0.717, 1.165) is 5.56 Å². The molecule has 0 spiro atoms. The molecule has 2 amide bonds. The lowest BCUT2D eigenvalue weighted by molar-refractivity contribution is -0.116. The first-order valence-electron chi connectivity index (χ1n) is 11.1. The monoisotopic (exact) mass is 463 g/mol. The molecule has 8 nitrogen and oxygen atoms in total. The fourth-order valence-electron chi connectivity index (χ4n) is 3.26. The number of hydrogen-bond donors (Lipinski definition) is 1. The highest BCUT2D eigenvalue weighted by Gasteiger charge is 2.20. The molecule has 0 saturated heterocycles. The van der Waals surface area contributed by atoms with Gasteiger partial charge >= 0.3 is 0 Å². The molecule has 8 heteroatoms. The van der Waals surface area contributed by atoms with Gasteiger partial charge in [0.1, 0.15) is 18.9 Å². The van der Waals surface area contributed by atoms with Gasteiger partial charge in [-0.1, -0.05) is 12.1 Å². The van der Waals surface area contributed by atoms with Crippen molar-refractivity contribution in [1.82, 2.24) is 9.88 Å². The van der Waals surface area contributed by atoms with Crippen molar-refractivity contribution >= 4 is 17.5 Å². The molecule has 1 N–H and O–H groups in total. The Morgan fingerprint density at radius 1 is 1.00 bits per heavy atom. The summed E-state index contributed by atoms with van der Waals surface area (Å²) in [7, 11) is 1.56. The molecule has 34 heavy (non-hydrogen) atoms. The van der Waals surface area contributed by atoms with Crippen LogP contribution in [0.1, 0.15) is 29.8 Å². The highest BCUT2D eigenvalue weighted by molar-refractivity contribution is 5.99. The molecular formula is C26H29N3O5. The van der Waals surface area contributed by atoms with Crippen LogP contribution in [0.25, 0.3) is 0 Å². The van der Waals surface area contributed by atoms with Gasteiger partial charge in [0.15, 0.2) is 11.5 Å². The number of likely N-dealkylation sites (N-methyl/N-ethyl adjacent to an activating group) is 1. The van der Waals surface area contributed by atoms with Crippen LogP contribution in [0, 0.1) is 0 Å². The zero-order chi connectivity index (χ0) is 24.3. The van der Waals surface area contributed by atoms with E-state index in [1.54, 1.807) is 62.0 Å². The zero-order valence-corrected chi connectivity index (χ0v) is 19.6. The van der Waals surface area contributed by atoms with Crippen molar-refractivity contribution in [3.05, 3.63) is 78.1 Å². The van der Waals surface area contributed by atoms with Crippen molar-refractivity contribution < 1.29 is 23.8 Å². The van der Waals surface area contributed by atoms with Crippen LogP contribution < -0.4 is 19.5 Å². The number of benzene rings is 2. The summed E-state index contributed by atoms with van der Waals surface area (Å²) in [5.74, 6) is 1.05. The molecule has 1 aromatic heterocycles. The topological polar surface area (TPSA) is 90.0 Å². The Kier molecular flexibility index (Phi) is 8.85. The molecule has 0 radical (unpaired) electrons. The molecule has 0 bridgehead atoms. The van der Waals surface area contributed by atoms with Gasteiger partial charge in [0.05, 0.1) is 13.7 Å². The van der Waals surface area contributed by atoms with Gasteiger partial charge < -0.3 is 24.4 Å². The van der Waals surface area contributed by atoms with Crippen molar-refractivity contribution in [1.29, 1.82) is 0 Å². The molecule has 1 heterocycles. The molecule has 0 aliphatic heterocycles. The average molecular weight is 464 g/mol. The van der Waals surface area contributed by atoms with E-state index in [-0.39, 0.29) is 18.4 Å². The number of ether oxygens (including phenoxy) is 3. The number of nitrogens with one attached hydrogen (secondary N) is 1. The van der Waals surface area contributed by atoms with E-state index < -0.39 is 0 Å². The number of carbonyl (C=O) groups excluding carboxylic acids is 2. The lowest BCUT2D eigenvalue weighted by atomic mass is 10.1. The van der Waals surface area contributed by atoms with Gasteiger partial charge in [-0.3, -0.25) is 14.6 Å². The SMILES string of the molecule is CCOc1cc(C(=O)N(CC)CC(=O)Nc2cccc(OC)c2)ccc1OCc1cccnc1. The fourth-order valence-corrected chi connectivity index (χ4v) is 3.26.